The summed E-state index contributed by atoms with van der Waals surface area (Å²) in [5.41, 5.74) is 0. The van der Waals surface area contributed by atoms with Gasteiger partial charge in [-0.05, 0) is 0 Å². The van der Waals surface area contributed by atoms with Gasteiger partial charge in [-0.2, -0.15) is 0 Å². The van der Waals surface area contributed by atoms with Gasteiger partial charge in [-0.3, -0.25) is 0 Å². The van der Waals surface area contributed by atoms with E-state index in [-0.39, 0.29) is 6.44 Å². The molecule has 7 heteroatoms. The summed E-state index contributed by atoms with van der Waals surface area (Å²) in [6, 6.07) is 0. The molecule has 0 aliphatic rings. The zero-order valence-corrected chi connectivity index (χ0v) is 4.84. The fourth-order valence-corrected chi connectivity index (χ4v) is 0.469. The minimum absolute atomic E-state index is 0.349. The molecule has 0 saturated heterocycles. The van der Waals surface area contributed by atoms with E-state index in [2.05, 4.69) is 0 Å². The molecule has 48 valence electrons. The van der Waals surface area contributed by atoms with Gasteiger partial charge >= 0.3 is 7.12 Å². The van der Waals surface area contributed by atoms with Gasteiger partial charge in [0.2, 0.25) is 10.9 Å². The van der Waals surface area contributed by atoms with Crippen molar-refractivity contribution in [1.29, 1.82) is 0 Å². The second-order valence-electron chi connectivity index (χ2n) is 1.10. The summed E-state index contributed by atoms with van der Waals surface area (Å²) in [6.07, 6.45) is -0.349. The SMILES string of the molecule is O=[SH](=O)NCB(O)O. The normalized spacial score (nSPS) is 9.88. The van der Waals surface area contributed by atoms with Crippen LogP contribution in [0.15, 0.2) is 0 Å². The Bertz CT molecular complexity index is 113. The van der Waals surface area contributed by atoms with E-state index in [1.54, 1.807) is 4.72 Å². The molecule has 0 atom stereocenters. The molecular weight excluding hydrogens is 133 g/mol. The summed E-state index contributed by atoms with van der Waals surface area (Å²) in [5.74, 6) is 0. The average Bonchev–Trinajstić information content (AvgIpc) is 1.61. The summed E-state index contributed by atoms with van der Waals surface area (Å²) < 4.78 is 21.0. The Balaban J connectivity index is 3.18. The number of nitrogens with one attached hydrogen (secondary N) is 1. The second kappa shape index (κ2) is 3.84. The minimum Gasteiger partial charge on any atom is -0.426 e. The van der Waals surface area contributed by atoms with Gasteiger partial charge in [-0.25, -0.2) is 13.1 Å². The van der Waals surface area contributed by atoms with Crippen LogP contribution in [0.3, 0.4) is 0 Å². The maximum atomic E-state index is 9.61. The third-order valence-electron chi connectivity index (χ3n) is 0.403. The quantitative estimate of drug-likeness (QED) is 0.250. The van der Waals surface area contributed by atoms with Crippen LogP contribution in [0, 0.1) is 0 Å². The molecule has 0 radical (unpaired) electrons. The molecule has 0 aromatic heterocycles. The molecule has 0 rings (SSSR count). The monoisotopic (exact) mass is 139 g/mol. The van der Waals surface area contributed by atoms with Crippen molar-refractivity contribution >= 4 is 18.0 Å². The molecule has 0 unspecified atom stereocenters. The largest absolute Gasteiger partial charge is 0.467 e. The lowest BCUT2D eigenvalue weighted by molar-refractivity contribution is 0.405. The molecule has 0 spiro atoms. The Morgan fingerprint density at radius 2 is 2.00 bits per heavy atom. The van der Waals surface area contributed by atoms with Gasteiger partial charge in [0.25, 0.3) is 0 Å². The molecule has 0 amide bonds. The van der Waals surface area contributed by atoms with E-state index in [1.807, 2.05) is 0 Å². The number of hydrogen-bond donors (Lipinski definition) is 4. The predicted molar refractivity (Wildman–Crippen MR) is 28.5 cm³/mol. The lowest BCUT2D eigenvalue weighted by atomic mass is 9.94. The maximum absolute atomic E-state index is 9.61. The molecule has 0 aromatic rings. The summed E-state index contributed by atoms with van der Waals surface area (Å²) in [5, 5.41) is 16.1. The molecule has 5 nitrogen and oxygen atoms in total. The van der Waals surface area contributed by atoms with Gasteiger partial charge in [0, 0.05) is 6.44 Å². The van der Waals surface area contributed by atoms with Crippen LogP contribution in [0.25, 0.3) is 0 Å². The Morgan fingerprint density at radius 1 is 1.50 bits per heavy atom. The Labute approximate surface area is 48.6 Å². The first-order chi connectivity index (χ1) is 3.63. The van der Waals surface area contributed by atoms with Crippen molar-refractivity contribution in [3.63, 3.8) is 0 Å². The van der Waals surface area contributed by atoms with E-state index in [1.165, 1.54) is 0 Å². The number of hydrogen-bond acceptors (Lipinski definition) is 4. The lowest BCUT2D eigenvalue weighted by Crippen LogP contribution is -2.29. The molecule has 0 heterocycles. The van der Waals surface area contributed by atoms with Crippen LogP contribution in [0.5, 0.6) is 0 Å². The van der Waals surface area contributed by atoms with Crippen molar-refractivity contribution in [2.24, 2.45) is 0 Å². The summed E-state index contributed by atoms with van der Waals surface area (Å²) in [7, 11) is -4.31. The van der Waals surface area contributed by atoms with Crippen LogP contribution < -0.4 is 4.72 Å². The van der Waals surface area contributed by atoms with Gasteiger partial charge in [0.15, 0.2) is 0 Å². The average molecular weight is 139 g/mol. The molecule has 0 aliphatic heterocycles. The first kappa shape index (κ1) is 7.89. The highest BCUT2D eigenvalue weighted by molar-refractivity contribution is 7.70. The summed E-state index contributed by atoms with van der Waals surface area (Å²) in [6.45, 7) is 0. The third kappa shape index (κ3) is 5.89. The maximum Gasteiger partial charge on any atom is 0.467 e. The Morgan fingerprint density at radius 3 is 2.12 bits per heavy atom. The van der Waals surface area contributed by atoms with Crippen molar-refractivity contribution < 1.29 is 18.5 Å². The highest BCUT2D eigenvalue weighted by atomic mass is 32.2. The summed E-state index contributed by atoms with van der Waals surface area (Å²) >= 11 is 0. The molecule has 3 N–H and O–H groups in total. The standard InChI is InChI=1S/CH6BNO4S/c4-2(5)1-3-8(6)7/h4-5,8H,1H2,(H,3,6,7). The first-order valence-electron chi connectivity index (χ1n) is 1.87. The second-order valence-corrected chi connectivity index (χ2v) is 1.93. The predicted octanol–water partition coefficient (Wildman–Crippen LogP) is -2.89. The molecule has 0 aromatic carbocycles. The Kier molecular flexibility index (Phi) is 3.79. The van der Waals surface area contributed by atoms with Crippen LogP contribution in [0.4, 0.5) is 0 Å². The minimum atomic E-state index is -2.70. The van der Waals surface area contributed by atoms with Gasteiger partial charge in [0.1, 0.15) is 0 Å². The van der Waals surface area contributed by atoms with Crippen LogP contribution in [-0.4, -0.2) is 32.0 Å². The van der Waals surface area contributed by atoms with E-state index in [4.69, 9.17) is 10.0 Å². The van der Waals surface area contributed by atoms with E-state index >= 15 is 0 Å². The fourth-order valence-electron chi connectivity index (χ4n) is 0.156. The van der Waals surface area contributed by atoms with Crippen molar-refractivity contribution in [3.05, 3.63) is 0 Å². The van der Waals surface area contributed by atoms with Crippen molar-refractivity contribution in [2.75, 3.05) is 6.44 Å². The van der Waals surface area contributed by atoms with Crippen molar-refractivity contribution in [1.82, 2.24) is 4.72 Å². The smallest absolute Gasteiger partial charge is 0.426 e. The molecule has 0 fully saturated rings. The van der Waals surface area contributed by atoms with E-state index in [0.29, 0.717) is 0 Å². The Hall–Kier alpha value is -0.105. The van der Waals surface area contributed by atoms with Crippen molar-refractivity contribution in [3.8, 4) is 0 Å². The van der Waals surface area contributed by atoms with E-state index in [9.17, 15) is 8.42 Å². The third-order valence-corrected chi connectivity index (χ3v) is 0.844. The lowest BCUT2D eigenvalue weighted by Gasteiger charge is -1.91. The van der Waals surface area contributed by atoms with Crippen molar-refractivity contribution in [2.45, 2.75) is 0 Å². The van der Waals surface area contributed by atoms with Gasteiger partial charge < -0.3 is 10.0 Å². The van der Waals surface area contributed by atoms with E-state index < -0.39 is 18.0 Å². The number of rotatable bonds is 3. The molecule has 0 aliphatic carbocycles. The van der Waals surface area contributed by atoms with Gasteiger partial charge in [-0.1, -0.05) is 0 Å². The molecule has 0 saturated carbocycles. The van der Waals surface area contributed by atoms with Crippen LogP contribution in [0.1, 0.15) is 0 Å². The zero-order valence-electron chi connectivity index (χ0n) is 3.94. The van der Waals surface area contributed by atoms with Crippen LogP contribution >= 0.6 is 0 Å². The van der Waals surface area contributed by atoms with Gasteiger partial charge in [-0.15, -0.1) is 0 Å². The molecular formula is CH6BNO4S. The topological polar surface area (TPSA) is 86.6 Å². The molecule has 8 heavy (non-hydrogen) atoms. The zero-order chi connectivity index (χ0) is 6.57. The number of thiol groups is 1. The molecule has 0 bridgehead atoms. The first-order valence-corrected chi connectivity index (χ1v) is 3.04. The highest BCUT2D eigenvalue weighted by Crippen LogP contribution is 1.60. The summed E-state index contributed by atoms with van der Waals surface area (Å²) in [4.78, 5) is 0. The fraction of sp³-hybridized carbons (Fsp3) is 1.00. The van der Waals surface area contributed by atoms with Crippen LogP contribution in [0.2, 0.25) is 0 Å². The van der Waals surface area contributed by atoms with Gasteiger partial charge in [0.05, 0.1) is 0 Å². The van der Waals surface area contributed by atoms with E-state index in [0.717, 1.165) is 0 Å². The highest BCUT2D eigenvalue weighted by Gasteiger charge is 2.03. The van der Waals surface area contributed by atoms with Crippen LogP contribution in [-0.2, 0) is 10.9 Å².